The second-order valence-electron chi connectivity index (χ2n) is 20.5. The number of aliphatic hydroxyl groups is 6. The summed E-state index contributed by atoms with van der Waals surface area (Å²) in [6, 6.07) is 0. The lowest BCUT2D eigenvalue weighted by Gasteiger charge is -2.30. The highest BCUT2D eigenvalue weighted by atomic mass is 16.9. The number of hydrogen-bond donors (Lipinski definition) is 6. The first-order chi connectivity index (χ1) is 40.6. The maximum atomic E-state index is 9.10. The van der Waals surface area contributed by atoms with Gasteiger partial charge in [0.1, 0.15) is 0 Å². The smallest absolute Gasteiger partial charge is 0.0711 e. The van der Waals surface area contributed by atoms with Crippen molar-refractivity contribution in [3.63, 3.8) is 0 Å². The molecule has 22 nitrogen and oxygen atoms in total. The lowest BCUT2D eigenvalue weighted by molar-refractivity contribution is -0.372. The van der Waals surface area contributed by atoms with Crippen LogP contribution in [0.3, 0.4) is 0 Å². The zero-order valence-electron chi connectivity index (χ0n) is 51.8. The van der Waals surface area contributed by atoms with Crippen molar-refractivity contribution in [1.82, 2.24) is 20.4 Å². The lowest BCUT2D eigenvalue weighted by Crippen LogP contribution is -2.42. The van der Waals surface area contributed by atoms with E-state index in [4.69, 9.17) is 88.0 Å². The van der Waals surface area contributed by atoms with Gasteiger partial charge in [-0.1, -0.05) is 5.23 Å². The van der Waals surface area contributed by atoms with Crippen LogP contribution in [0.1, 0.15) is 180 Å². The Hall–Kier alpha value is -0.880. The highest BCUT2D eigenvalue weighted by Gasteiger charge is 2.17. The predicted molar refractivity (Wildman–Crippen MR) is 319 cm³/mol. The van der Waals surface area contributed by atoms with E-state index in [1.165, 1.54) is 0 Å². The fourth-order valence-corrected chi connectivity index (χ4v) is 7.90. The van der Waals surface area contributed by atoms with Crippen LogP contribution < -0.4 is 0 Å². The van der Waals surface area contributed by atoms with Gasteiger partial charge in [0.2, 0.25) is 0 Å². The maximum absolute atomic E-state index is 9.10. The molecule has 0 aromatic rings. The number of rotatable bonds is 75. The molecular weight excluding hydrogens is 1060 g/mol. The van der Waals surface area contributed by atoms with Gasteiger partial charge in [-0.25, -0.2) is 0 Å². The van der Waals surface area contributed by atoms with Crippen molar-refractivity contribution >= 4 is 0 Å². The van der Waals surface area contributed by atoms with Crippen molar-refractivity contribution in [3.8, 4) is 0 Å². The van der Waals surface area contributed by atoms with Crippen LogP contribution in [-0.4, -0.2) is 262 Å². The van der Waals surface area contributed by atoms with E-state index in [-0.39, 0.29) is 39.6 Å². The minimum absolute atomic E-state index is 0.183. The molecule has 0 aliphatic carbocycles. The second-order valence-corrected chi connectivity index (χ2v) is 20.5. The topological polar surface area (TPSA) is 245 Å². The third-order valence-corrected chi connectivity index (χ3v) is 12.9. The summed E-state index contributed by atoms with van der Waals surface area (Å²) in [6.45, 7) is 16.9. The van der Waals surface area contributed by atoms with Gasteiger partial charge >= 0.3 is 0 Å². The van der Waals surface area contributed by atoms with Gasteiger partial charge in [-0.15, -0.1) is 0 Å². The number of hydrogen-bond acceptors (Lipinski definition) is 22. The molecule has 0 heterocycles. The largest absolute Gasteiger partial charge is 0.396 e. The standard InChI is InChI=1S/C60H126N4O18/c65-36-6-22-47-71-42-12-1-17-55-78-61(31-32-63(35-60-77-54-28-53-76-52-27-11-41-70)80-57-19-3-14-44-73-49-24-8-38-67)29-30-62(79-56-18-2-13-43-72-48-23-7-37-66)33-34-64(81-58-20-4-15-45-74-50-25-9-39-68)82-59-21-5-16-46-75-51-26-10-40-69/h65-70H,1-60H2. The molecule has 0 rings (SSSR count). The predicted octanol–water partition coefficient (Wildman–Crippen LogP) is 6.85. The average Bonchev–Trinajstić information content (AvgIpc) is 3.48. The van der Waals surface area contributed by atoms with Gasteiger partial charge in [-0.3, -0.25) is 24.2 Å². The van der Waals surface area contributed by atoms with Gasteiger partial charge in [0.05, 0.1) is 46.2 Å². The molecule has 0 aliphatic heterocycles. The molecule has 6 N–H and O–H groups in total. The van der Waals surface area contributed by atoms with Crippen molar-refractivity contribution in [2.24, 2.45) is 0 Å². The summed E-state index contributed by atoms with van der Waals surface area (Å²) in [5, 5.41) is 62.1. The molecule has 0 aromatic heterocycles. The number of hydroxylamine groups is 8. The van der Waals surface area contributed by atoms with Gasteiger partial charge in [0.25, 0.3) is 0 Å². The molecular formula is C60H126N4O18. The van der Waals surface area contributed by atoms with Gasteiger partial charge in [-0.2, -0.15) is 15.2 Å². The fourth-order valence-electron chi connectivity index (χ4n) is 7.90. The monoisotopic (exact) mass is 1190 g/mol. The summed E-state index contributed by atoms with van der Waals surface area (Å²) < 4.78 is 40.5. The molecule has 0 unspecified atom stereocenters. The van der Waals surface area contributed by atoms with Crippen LogP contribution in [0.15, 0.2) is 0 Å². The Morgan fingerprint density at radius 2 is 0.354 bits per heavy atom. The first kappa shape index (κ1) is 81.1. The van der Waals surface area contributed by atoms with Crippen molar-refractivity contribution in [2.45, 2.75) is 180 Å². The van der Waals surface area contributed by atoms with E-state index in [1.807, 2.05) is 15.2 Å². The zero-order valence-corrected chi connectivity index (χ0v) is 51.8. The molecule has 0 fully saturated rings. The number of ether oxygens (including phenoxy) is 7. The molecule has 0 aliphatic rings. The summed E-state index contributed by atoms with van der Waals surface area (Å²) in [5.41, 5.74) is 0. The molecule has 0 saturated carbocycles. The van der Waals surface area contributed by atoms with E-state index in [1.54, 1.807) is 5.23 Å². The zero-order chi connectivity index (χ0) is 59.2. The van der Waals surface area contributed by atoms with Crippen LogP contribution in [0, 0.1) is 0 Å². The number of unbranched alkanes of at least 4 members (excludes halogenated alkanes) is 16. The summed E-state index contributed by atoms with van der Waals surface area (Å²) in [7, 11) is 0. The Morgan fingerprint density at radius 1 is 0.159 bits per heavy atom. The number of nitrogens with zero attached hydrogens (tertiary/aromatic N) is 4. The van der Waals surface area contributed by atoms with E-state index in [9.17, 15) is 0 Å². The van der Waals surface area contributed by atoms with Gasteiger partial charge in [0, 0.05) is 165 Å². The van der Waals surface area contributed by atoms with Crippen molar-refractivity contribution < 1.29 is 88.0 Å². The van der Waals surface area contributed by atoms with Gasteiger partial charge < -0.3 is 63.8 Å². The maximum Gasteiger partial charge on any atom is 0.0711 e. The van der Waals surface area contributed by atoms with E-state index in [2.05, 4.69) is 0 Å². The third kappa shape index (κ3) is 65.1. The second kappa shape index (κ2) is 72.6. The van der Waals surface area contributed by atoms with Gasteiger partial charge in [0.15, 0.2) is 0 Å². The Bertz CT molecular complexity index is 1030. The first-order valence-electron chi connectivity index (χ1n) is 32.5. The molecule has 0 aromatic carbocycles. The Labute approximate surface area is 497 Å². The molecule has 0 radical (unpaired) electrons. The molecule has 82 heavy (non-hydrogen) atoms. The SMILES string of the molecule is OCCCCOCCCCCON(CCOCCCOCCCCO)CCN(CCN(CCN(OCCCCCOCCCCO)OCCCCCOCCCCO)OCCCCCOCCCCO)OCCCCCOCCCCO. The molecule has 0 amide bonds. The lowest BCUT2D eigenvalue weighted by atomic mass is 10.2. The fraction of sp³-hybridized carbons (Fsp3) is 1.00. The third-order valence-electron chi connectivity index (χ3n) is 12.9. The van der Waals surface area contributed by atoms with Crippen LogP contribution in [0.2, 0.25) is 0 Å². The van der Waals surface area contributed by atoms with E-state index >= 15 is 0 Å². The van der Waals surface area contributed by atoms with Crippen LogP contribution >= 0.6 is 0 Å². The minimum Gasteiger partial charge on any atom is -0.396 e. The molecule has 22 heteroatoms. The highest BCUT2D eigenvalue weighted by Crippen LogP contribution is 2.09. The van der Waals surface area contributed by atoms with Crippen molar-refractivity contribution in [3.05, 3.63) is 0 Å². The molecule has 0 bridgehead atoms. The normalized spacial score (nSPS) is 12.1. The summed E-state index contributed by atoms with van der Waals surface area (Å²) in [4.78, 5) is 32.1. The van der Waals surface area contributed by atoms with E-state index in [0.29, 0.717) is 171 Å². The Morgan fingerprint density at radius 3 is 0.622 bits per heavy atom. The van der Waals surface area contributed by atoms with Crippen molar-refractivity contribution in [2.75, 3.05) is 211 Å². The Balaban J connectivity index is 6.03. The highest BCUT2D eigenvalue weighted by molar-refractivity contribution is 4.59. The first-order valence-corrected chi connectivity index (χ1v) is 32.5. The van der Waals surface area contributed by atoms with Crippen LogP contribution in [0.4, 0.5) is 0 Å². The molecule has 0 spiro atoms. The summed E-state index contributed by atoms with van der Waals surface area (Å²) in [5.74, 6) is 0. The summed E-state index contributed by atoms with van der Waals surface area (Å²) in [6.07, 6.45) is 24.4. The summed E-state index contributed by atoms with van der Waals surface area (Å²) >= 11 is 0. The molecule has 0 atom stereocenters. The van der Waals surface area contributed by atoms with E-state index < -0.39 is 0 Å². The molecule has 494 valence electrons. The molecule has 0 saturated heterocycles. The van der Waals surface area contributed by atoms with Crippen molar-refractivity contribution in [1.29, 1.82) is 0 Å². The van der Waals surface area contributed by atoms with Crippen LogP contribution in [-0.2, 0) is 57.3 Å². The average molecular weight is 1190 g/mol. The quantitative estimate of drug-likeness (QED) is 0.0269. The van der Waals surface area contributed by atoms with E-state index in [0.717, 1.165) is 180 Å². The number of aliphatic hydroxyl groups excluding tert-OH is 6. The minimum atomic E-state index is 0.183. The van der Waals surface area contributed by atoms with Gasteiger partial charge in [-0.05, 0) is 180 Å². The van der Waals surface area contributed by atoms with Crippen LogP contribution in [0.5, 0.6) is 0 Å². The van der Waals surface area contributed by atoms with Crippen LogP contribution in [0.25, 0.3) is 0 Å². The Kier molecular flexibility index (Phi) is 71.8.